The van der Waals surface area contributed by atoms with Gasteiger partial charge in [-0.05, 0) is 97.9 Å². The van der Waals surface area contributed by atoms with Crippen LogP contribution in [0.25, 0.3) is 11.5 Å². The van der Waals surface area contributed by atoms with Crippen molar-refractivity contribution in [2.24, 2.45) is 0 Å². The molecular weight excluding hydrogens is 448 g/mol. The molecule has 1 aliphatic rings. The molecule has 0 atom stereocenters. The van der Waals surface area contributed by atoms with E-state index in [1.165, 1.54) is 83.1 Å². The van der Waals surface area contributed by atoms with Crippen LogP contribution in [0.3, 0.4) is 0 Å². The first-order valence-electron chi connectivity index (χ1n) is 15.1. The largest absolute Gasteiger partial charge is 0.448 e. The van der Waals surface area contributed by atoms with E-state index in [1.807, 2.05) is 0 Å². The molecule has 0 saturated heterocycles. The molecule has 0 saturated carbocycles. The molecule has 0 bridgehead atoms. The smallest absolute Gasteiger partial charge is 0.215 e. The van der Waals surface area contributed by atoms with Gasteiger partial charge in [-0.1, -0.05) is 85.4 Å². The first-order chi connectivity index (χ1) is 18.0. The number of hydrogen-bond donors (Lipinski definition) is 0. The number of aryl methyl sites for hydroxylation is 4. The molecule has 2 heteroatoms. The first kappa shape index (κ1) is 29.0. The monoisotopic (exact) mass is 498 g/mol. The molecular formula is C35H50N2. The maximum atomic E-state index is 9.59. The van der Waals surface area contributed by atoms with Gasteiger partial charge in [-0.2, -0.15) is 0 Å². The quantitative estimate of drug-likeness (QED) is 0.183. The fourth-order valence-electron chi connectivity index (χ4n) is 5.51. The highest BCUT2D eigenvalue weighted by molar-refractivity contribution is 6.16. The normalized spacial score (nSPS) is 14.9. The Kier molecular flexibility index (Phi) is 11.2. The molecule has 0 fully saturated rings. The molecule has 2 aromatic carbocycles. The fraction of sp³-hybridized carbons (Fsp3) is 0.514. The third kappa shape index (κ3) is 7.03. The van der Waals surface area contributed by atoms with Crippen LogP contribution in [0, 0.1) is 0 Å². The zero-order valence-corrected chi connectivity index (χ0v) is 24.5. The molecule has 0 amide bonds. The van der Waals surface area contributed by atoms with Crippen molar-refractivity contribution in [3.8, 4) is 0 Å². The molecule has 0 radical (unpaired) electrons. The van der Waals surface area contributed by atoms with Gasteiger partial charge in [0.1, 0.15) is 0 Å². The molecule has 0 spiro atoms. The van der Waals surface area contributed by atoms with Crippen LogP contribution in [0.1, 0.15) is 126 Å². The highest BCUT2D eigenvalue weighted by Crippen LogP contribution is 2.39. The molecule has 37 heavy (non-hydrogen) atoms. The number of rotatable bonds is 14. The van der Waals surface area contributed by atoms with E-state index in [4.69, 9.17) is 0 Å². The van der Waals surface area contributed by atoms with E-state index in [-0.39, 0.29) is 0 Å². The summed E-state index contributed by atoms with van der Waals surface area (Å²) in [6, 6.07) is 14.0. The summed E-state index contributed by atoms with van der Waals surface area (Å²) < 4.78 is 1.80. The Labute approximate surface area is 227 Å². The maximum Gasteiger partial charge on any atom is 0.215 e. The molecule has 2 aromatic rings. The van der Waals surface area contributed by atoms with Crippen molar-refractivity contribution in [1.29, 1.82) is 0 Å². The van der Waals surface area contributed by atoms with Gasteiger partial charge in [0, 0.05) is 16.7 Å². The van der Waals surface area contributed by atoms with Crippen molar-refractivity contribution < 1.29 is 4.68 Å². The average Bonchev–Trinajstić information content (AvgIpc) is 3.21. The van der Waals surface area contributed by atoms with E-state index >= 15 is 0 Å². The van der Waals surface area contributed by atoms with Gasteiger partial charge in [0.2, 0.25) is 11.4 Å². The van der Waals surface area contributed by atoms with Crippen LogP contribution in [0.2, 0.25) is 0 Å². The van der Waals surface area contributed by atoms with E-state index < -0.39 is 0 Å². The lowest BCUT2D eigenvalue weighted by molar-refractivity contribution is -0.347. The lowest BCUT2D eigenvalue weighted by Crippen LogP contribution is -2.13. The van der Waals surface area contributed by atoms with Crippen LogP contribution >= 0.6 is 0 Å². The van der Waals surface area contributed by atoms with E-state index in [0.717, 1.165) is 49.9 Å². The van der Waals surface area contributed by atoms with E-state index in [2.05, 4.69) is 84.0 Å². The van der Waals surface area contributed by atoms with Gasteiger partial charge < -0.3 is 5.84 Å². The Balaban J connectivity index is 2.28. The number of nitrogens with zero attached hydrogens (tertiary/aromatic N) is 1. The van der Waals surface area contributed by atoms with Crippen molar-refractivity contribution in [1.82, 2.24) is 0 Å². The number of benzene rings is 2. The molecule has 1 N–H and O–H groups in total. The predicted octanol–water partition coefficient (Wildman–Crippen LogP) is 10.2. The topological polar surface area (TPSA) is 26.8 Å². The van der Waals surface area contributed by atoms with Gasteiger partial charge in [0.15, 0.2) is 0 Å². The van der Waals surface area contributed by atoms with Gasteiger partial charge >= 0.3 is 0 Å². The summed E-state index contributed by atoms with van der Waals surface area (Å²) in [5.74, 6) is 9.59. The number of hydrogen-bond acceptors (Lipinski definition) is 0. The summed E-state index contributed by atoms with van der Waals surface area (Å²) >= 11 is 0. The lowest BCUT2D eigenvalue weighted by atomic mass is 9.89. The third-order valence-electron chi connectivity index (χ3n) is 7.78. The number of nitrogens with one attached hydrogen (secondary N) is 1. The SMILES string of the molecule is CCCCCC=C1C(CCCCC)=C(c2cc(CC)cc(CC)c2)[N+]([NH-])=C1c1cc(CC)cc(CC)c1. The Morgan fingerprint density at radius 3 is 1.59 bits per heavy atom. The second-order valence-corrected chi connectivity index (χ2v) is 10.6. The van der Waals surface area contributed by atoms with Crippen molar-refractivity contribution in [2.75, 3.05) is 0 Å². The van der Waals surface area contributed by atoms with Crippen molar-refractivity contribution in [3.63, 3.8) is 0 Å². The van der Waals surface area contributed by atoms with Crippen molar-refractivity contribution in [3.05, 3.63) is 92.8 Å². The lowest BCUT2D eigenvalue weighted by Gasteiger charge is -2.12. The second-order valence-electron chi connectivity index (χ2n) is 10.6. The van der Waals surface area contributed by atoms with Gasteiger partial charge in [0.05, 0.1) is 5.57 Å². The number of allylic oxidation sites excluding steroid dienone is 3. The Bertz CT molecular complexity index is 1100. The summed E-state index contributed by atoms with van der Waals surface area (Å²) in [6.07, 6.45) is 16.0. The van der Waals surface area contributed by atoms with Gasteiger partial charge in [-0.3, -0.25) is 0 Å². The van der Waals surface area contributed by atoms with Gasteiger partial charge in [-0.25, -0.2) is 4.68 Å². The minimum Gasteiger partial charge on any atom is -0.448 e. The minimum absolute atomic E-state index is 1.02. The van der Waals surface area contributed by atoms with Gasteiger partial charge in [0.25, 0.3) is 0 Å². The van der Waals surface area contributed by atoms with Crippen LogP contribution in [0.5, 0.6) is 0 Å². The maximum absolute atomic E-state index is 9.59. The Hall–Kier alpha value is -2.61. The van der Waals surface area contributed by atoms with Crippen LogP contribution in [-0.2, 0) is 25.7 Å². The standard InChI is InChI=1S/C35H50N2/c1-7-13-15-17-19-33-32(18-16-14-8-2)34(30-22-26(9-3)20-27(10-4)23-30)37(36)35(33)31-24-28(11-5)21-29(12-6)25-31/h19-25,36H,7-18H2,1-6H3. The minimum atomic E-state index is 1.02. The molecule has 0 aliphatic carbocycles. The Morgan fingerprint density at radius 2 is 1.11 bits per heavy atom. The summed E-state index contributed by atoms with van der Waals surface area (Å²) in [5.41, 5.74) is 12.8. The molecule has 1 aliphatic heterocycles. The van der Waals surface area contributed by atoms with Crippen LogP contribution in [-0.4, -0.2) is 10.4 Å². The summed E-state index contributed by atoms with van der Waals surface area (Å²) in [6.45, 7) is 13.5. The fourth-order valence-corrected chi connectivity index (χ4v) is 5.51. The Morgan fingerprint density at radius 1 is 0.622 bits per heavy atom. The zero-order valence-electron chi connectivity index (χ0n) is 24.5. The average molecular weight is 499 g/mol. The number of unbranched alkanes of at least 4 members (excludes halogenated alkanes) is 5. The molecule has 2 nitrogen and oxygen atoms in total. The zero-order chi connectivity index (χ0) is 26.8. The second kappa shape index (κ2) is 14.4. The molecule has 1 heterocycles. The molecule has 0 unspecified atom stereocenters. The van der Waals surface area contributed by atoms with E-state index in [0.29, 0.717) is 0 Å². The van der Waals surface area contributed by atoms with E-state index in [9.17, 15) is 5.84 Å². The van der Waals surface area contributed by atoms with Gasteiger partial charge in [-0.15, -0.1) is 0 Å². The van der Waals surface area contributed by atoms with Crippen molar-refractivity contribution >= 4 is 11.4 Å². The highest BCUT2D eigenvalue weighted by atomic mass is 15.3. The predicted molar refractivity (Wildman–Crippen MR) is 162 cm³/mol. The van der Waals surface area contributed by atoms with E-state index in [1.54, 1.807) is 4.68 Å². The summed E-state index contributed by atoms with van der Waals surface area (Å²) in [5, 5.41) is 0. The molecule has 200 valence electrons. The van der Waals surface area contributed by atoms with Crippen LogP contribution < -0.4 is 0 Å². The third-order valence-corrected chi connectivity index (χ3v) is 7.78. The highest BCUT2D eigenvalue weighted by Gasteiger charge is 2.35. The van der Waals surface area contributed by atoms with Crippen molar-refractivity contribution in [2.45, 2.75) is 119 Å². The summed E-state index contributed by atoms with van der Waals surface area (Å²) in [7, 11) is 0. The van der Waals surface area contributed by atoms with Crippen LogP contribution in [0.4, 0.5) is 0 Å². The summed E-state index contributed by atoms with van der Waals surface area (Å²) in [4.78, 5) is 0. The molecule has 3 rings (SSSR count). The molecule has 0 aromatic heterocycles. The van der Waals surface area contributed by atoms with Crippen LogP contribution in [0.15, 0.2) is 53.6 Å². The first-order valence-corrected chi connectivity index (χ1v) is 15.1.